The summed E-state index contributed by atoms with van der Waals surface area (Å²) in [5.74, 6) is -0.548. The highest BCUT2D eigenvalue weighted by Crippen LogP contribution is 2.22. The quantitative estimate of drug-likeness (QED) is 0.353. The van der Waals surface area contributed by atoms with E-state index >= 15 is 0 Å². The summed E-state index contributed by atoms with van der Waals surface area (Å²) in [6.07, 6.45) is 0.743. The van der Waals surface area contributed by atoms with E-state index in [-0.39, 0.29) is 13.2 Å². The number of rotatable bonds is 10. The Balaban J connectivity index is 1.35. The van der Waals surface area contributed by atoms with Crippen molar-refractivity contribution >= 4 is 17.8 Å². The van der Waals surface area contributed by atoms with Crippen LogP contribution in [0.25, 0.3) is 11.1 Å². The van der Waals surface area contributed by atoms with Crippen LogP contribution in [0.3, 0.4) is 0 Å². The summed E-state index contributed by atoms with van der Waals surface area (Å²) in [5.41, 5.74) is 7.04. The fourth-order valence-electron chi connectivity index (χ4n) is 2.85. The molecule has 2 N–H and O–H groups in total. The van der Waals surface area contributed by atoms with Gasteiger partial charge in [-0.25, -0.2) is 4.79 Å². The van der Waals surface area contributed by atoms with Crippen LogP contribution in [-0.2, 0) is 14.3 Å². The van der Waals surface area contributed by atoms with E-state index in [4.69, 9.17) is 14.2 Å². The van der Waals surface area contributed by atoms with E-state index < -0.39 is 17.8 Å². The zero-order valence-corrected chi connectivity index (χ0v) is 18.8. The van der Waals surface area contributed by atoms with E-state index in [9.17, 15) is 14.4 Å². The Morgan fingerprint density at radius 2 is 1.18 bits per heavy atom. The van der Waals surface area contributed by atoms with Gasteiger partial charge in [-0.1, -0.05) is 49.4 Å². The van der Waals surface area contributed by atoms with Gasteiger partial charge < -0.3 is 14.2 Å². The van der Waals surface area contributed by atoms with Gasteiger partial charge in [0.15, 0.2) is 13.2 Å². The highest BCUT2D eigenvalue weighted by atomic mass is 16.5. The molecule has 0 aliphatic heterocycles. The van der Waals surface area contributed by atoms with Crippen molar-refractivity contribution in [1.29, 1.82) is 0 Å². The van der Waals surface area contributed by atoms with E-state index in [0.29, 0.717) is 23.7 Å². The second kappa shape index (κ2) is 12.6. The monoisotopic (exact) mass is 462 g/mol. The molecule has 176 valence electrons. The van der Waals surface area contributed by atoms with Crippen LogP contribution in [0.4, 0.5) is 0 Å². The molecule has 3 aromatic carbocycles. The molecule has 0 atom stereocenters. The van der Waals surface area contributed by atoms with E-state index in [1.165, 1.54) is 0 Å². The Kier molecular flexibility index (Phi) is 9.04. The molecule has 8 heteroatoms. The number of ether oxygens (including phenoxy) is 3. The fraction of sp³-hybridized carbons (Fsp3) is 0.192. The van der Waals surface area contributed by atoms with Gasteiger partial charge in [-0.3, -0.25) is 20.4 Å². The van der Waals surface area contributed by atoms with Gasteiger partial charge in [0.2, 0.25) is 0 Å². The number of esters is 1. The highest BCUT2D eigenvalue weighted by molar-refractivity contribution is 5.89. The lowest BCUT2D eigenvalue weighted by atomic mass is 10.1. The average molecular weight is 463 g/mol. The number of amides is 2. The van der Waals surface area contributed by atoms with Gasteiger partial charge in [0.1, 0.15) is 11.5 Å². The van der Waals surface area contributed by atoms with Gasteiger partial charge in [0.25, 0.3) is 11.8 Å². The number of carbonyl (C=O) groups is 3. The summed E-state index contributed by atoms with van der Waals surface area (Å²) in [5, 5.41) is 0. The third-order valence-electron chi connectivity index (χ3n) is 4.57. The number of benzene rings is 3. The first-order chi connectivity index (χ1) is 16.5. The first-order valence-corrected chi connectivity index (χ1v) is 10.8. The van der Waals surface area contributed by atoms with Crippen LogP contribution < -0.4 is 20.3 Å². The Hall–Kier alpha value is -4.33. The van der Waals surface area contributed by atoms with Crippen molar-refractivity contribution in [3.63, 3.8) is 0 Å². The van der Waals surface area contributed by atoms with E-state index in [1.807, 2.05) is 49.4 Å². The number of nitrogens with one attached hydrogen (secondary N) is 2. The summed E-state index contributed by atoms with van der Waals surface area (Å²) < 4.78 is 15.8. The molecule has 0 aliphatic rings. The van der Waals surface area contributed by atoms with Crippen LogP contribution in [0, 0.1) is 0 Å². The highest BCUT2D eigenvalue weighted by Gasteiger charge is 2.09. The molecule has 0 bridgehead atoms. The number of hydrazine groups is 1. The van der Waals surface area contributed by atoms with Gasteiger partial charge in [0.05, 0.1) is 12.2 Å². The molecule has 34 heavy (non-hydrogen) atoms. The Bertz CT molecular complexity index is 1080. The SMILES string of the molecule is CCCOC(=O)c1ccc(OCC(=O)NNC(=O)COc2ccc(-c3ccccc3)cc2)cc1. The molecule has 3 rings (SSSR count). The number of hydrogen-bond acceptors (Lipinski definition) is 6. The van der Waals surface area contributed by atoms with Crippen molar-refractivity contribution in [3.8, 4) is 22.6 Å². The summed E-state index contributed by atoms with van der Waals surface area (Å²) in [6, 6.07) is 23.5. The van der Waals surface area contributed by atoms with Crippen molar-refractivity contribution in [3.05, 3.63) is 84.4 Å². The minimum Gasteiger partial charge on any atom is -0.484 e. The largest absolute Gasteiger partial charge is 0.484 e. The molecule has 8 nitrogen and oxygen atoms in total. The maximum atomic E-state index is 11.9. The van der Waals surface area contributed by atoms with Gasteiger partial charge >= 0.3 is 5.97 Å². The minimum absolute atomic E-state index is 0.262. The zero-order valence-electron chi connectivity index (χ0n) is 18.8. The summed E-state index contributed by atoms with van der Waals surface area (Å²) >= 11 is 0. The van der Waals surface area contributed by atoms with E-state index in [1.54, 1.807) is 36.4 Å². The zero-order chi connectivity index (χ0) is 24.2. The van der Waals surface area contributed by atoms with Gasteiger partial charge in [0, 0.05) is 0 Å². The molecular formula is C26H26N2O6. The summed E-state index contributed by atoms with van der Waals surface area (Å²) in [6.45, 7) is 1.69. The molecule has 0 fully saturated rings. The molecule has 3 aromatic rings. The van der Waals surface area contributed by atoms with Crippen LogP contribution in [0.1, 0.15) is 23.7 Å². The van der Waals surface area contributed by atoms with Gasteiger partial charge in [-0.15, -0.1) is 0 Å². The lowest BCUT2D eigenvalue weighted by Gasteiger charge is -2.10. The second-order valence-corrected chi connectivity index (χ2v) is 7.22. The topological polar surface area (TPSA) is 103 Å². The number of hydrogen-bond donors (Lipinski definition) is 2. The molecule has 2 amide bonds. The molecule has 0 saturated heterocycles. The molecule has 0 heterocycles. The van der Waals surface area contributed by atoms with Gasteiger partial charge in [-0.2, -0.15) is 0 Å². The Morgan fingerprint density at radius 1 is 0.676 bits per heavy atom. The predicted octanol–water partition coefficient (Wildman–Crippen LogP) is 3.53. The third kappa shape index (κ3) is 7.67. The Labute approximate surface area is 197 Å². The smallest absolute Gasteiger partial charge is 0.338 e. The third-order valence-corrected chi connectivity index (χ3v) is 4.57. The minimum atomic E-state index is -0.549. The normalized spacial score (nSPS) is 10.1. The van der Waals surface area contributed by atoms with Crippen LogP contribution >= 0.6 is 0 Å². The van der Waals surface area contributed by atoms with Crippen LogP contribution in [-0.4, -0.2) is 37.6 Å². The second-order valence-electron chi connectivity index (χ2n) is 7.22. The van der Waals surface area contributed by atoms with Crippen LogP contribution in [0.2, 0.25) is 0 Å². The maximum Gasteiger partial charge on any atom is 0.338 e. The van der Waals surface area contributed by atoms with Gasteiger partial charge in [-0.05, 0) is 53.9 Å². The lowest BCUT2D eigenvalue weighted by Crippen LogP contribution is -2.45. The average Bonchev–Trinajstić information content (AvgIpc) is 2.89. The van der Waals surface area contributed by atoms with Crippen molar-refractivity contribution in [2.24, 2.45) is 0 Å². The van der Waals surface area contributed by atoms with Crippen LogP contribution in [0.5, 0.6) is 11.5 Å². The molecule has 0 aromatic heterocycles. The van der Waals surface area contributed by atoms with E-state index in [2.05, 4.69) is 10.9 Å². The molecule has 0 radical (unpaired) electrons. The van der Waals surface area contributed by atoms with Crippen molar-refractivity contribution in [2.45, 2.75) is 13.3 Å². The van der Waals surface area contributed by atoms with Crippen molar-refractivity contribution in [2.75, 3.05) is 19.8 Å². The standard InChI is InChI=1S/C26H26N2O6/c1-2-16-32-26(31)21-10-14-23(15-11-21)34-18-25(30)28-27-24(29)17-33-22-12-8-20(9-13-22)19-6-4-3-5-7-19/h3-15H,2,16-18H2,1H3,(H,27,29)(H,28,30). The fourth-order valence-corrected chi connectivity index (χ4v) is 2.85. The molecule has 0 saturated carbocycles. The predicted molar refractivity (Wildman–Crippen MR) is 126 cm³/mol. The first kappa shape index (κ1) is 24.3. The van der Waals surface area contributed by atoms with E-state index in [0.717, 1.165) is 17.5 Å². The lowest BCUT2D eigenvalue weighted by molar-refractivity contribution is -0.131. The molecule has 0 spiro atoms. The molecule has 0 unspecified atom stereocenters. The first-order valence-electron chi connectivity index (χ1n) is 10.8. The summed E-state index contributed by atoms with van der Waals surface area (Å²) in [7, 11) is 0. The molecular weight excluding hydrogens is 436 g/mol. The van der Waals surface area contributed by atoms with Crippen LogP contribution in [0.15, 0.2) is 78.9 Å². The van der Waals surface area contributed by atoms with Crippen molar-refractivity contribution in [1.82, 2.24) is 10.9 Å². The Morgan fingerprint density at radius 3 is 1.71 bits per heavy atom. The number of carbonyl (C=O) groups excluding carboxylic acids is 3. The maximum absolute atomic E-state index is 11.9. The molecule has 0 aliphatic carbocycles. The van der Waals surface area contributed by atoms with Crippen molar-refractivity contribution < 1.29 is 28.6 Å². The summed E-state index contributed by atoms with van der Waals surface area (Å²) in [4.78, 5) is 35.6.